The third kappa shape index (κ3) is 4.50. The van der Waals surface area contributed by atoms with Crippen molar-refractivity contribution >= 4 is 5.91 Å². The molecule has 1 fully saturated rings. The van der Waals surface area contributed by atoms with E-state index in [-0.39, 0.29) is 11.7 Å². The van der Waals surface area contributed by atoms with Crippen LogP contribution in [0.15, 0.2) is 6.07 Å². The summed E-state index contributed by atoms with van der Waals surface area (Å²) >= 11 is 0. The van der Waals surface area contributed by atoms with Gasteiger partial charge in [-0.25, -0.2) is 0 Å². The first-order valence-corrected chi connectivity index (χ1v) is 9.38. The molecule has 1 atom stereocenters. The number of carbonyl (C=O) groups is 1. The fourth-order valence-electron chi connectivity index (χ4n) is 3.59. The Bertz CT molecular complexity index is 563. The Morgan fingerprint density at radius 2 is 2.12 bits per heavy atom. The molecule has 3 N–H and O–H groups in total. The van der Waals surface area contributed by atoms with E-state index in [0.717, 1.165) is 49.9 Å². The maximum atomic E-state index is 12.5. The smallest absolute Gasteiger partial charge is 0.255 e. The number of aryl methyl sites for hydroxylation is 1. The van der Waals surface area contributed by atoms with Crippen LogP contribution in [0.2, 0.25) is 0 Å². The lowest BCUT2D eigenvalue weighted by Gasteiger charge is -2.26. The number of benzene rings is 1. The molecule has 1 aliphatic heterocycles. The Morgan fingerprint density at radius 1 is 1.33 bits per heavy atom. The van der Waals surface area contributed by atoms with E-state index in [1.165, 1.54) is 18.4 Å². The number of phenolic OH excluding ortho intramolecular Hbond substituents is 1. The van der Waals surface area contributed by atoms with Gasteiger partial charge < -0.3 is 15.7 Å². The van der Waals surface area contributed by atoms with Crippen molar-refractivity contribution in [1.82, 2.24) is 10.6 Å². The summed E-state index contributed by atoms with van der Waals surface area (Å²) in [6.07, 6.45) is 6.80. The van der Waals surface area contributed by atoms with E-state index in [0.29, 0.717) is 18.0 Å². The fourth-order valence-corrected chi connectivity index (χ4v) is 3.59. The third-order valence-corrected chi connectivity index (χ3v) is 5.07. The number of rotatable bonds is 7. The quantitative estimate of drug-likeness (QED) is 0.666. The van der Waals surface area contributed by atoms with Crippen molar-refractivity contribution in [3.05, 3.63) is 28.3 Å². The van der Waals surface area contributed by atoms with Crippen LogP contribution >= 0.6 is 0 Å². The highest BCUT2D eigenvalue weighted by atomic mass is 16.3. The van der Waals surface area contributed by atoms with Gasteiger partial charge in [0.25, 0.3) is 5.91 Å². The molecular formula is C20H32N2O2. The molecule has 1 heterocycles. The minimum absolute atomic E-state index is 0.154. The topological polar surface area (TPSA) is 61.4 Å². The van der Waals surface area contributed by atoms with Crippen molar-refractivity contribution in [2.75, 3.05) is 19.6 Å². The summed E-state index contributed by atoms with van der Waals surface area (Å²) in [6, 6.07) is 2.10. The maximum Gasteiger partial charge on any atom is 0.255 e. The molecule has 0 bridgehead atoms. The first-order valence-electron chi connectivity index (χ1n) is 9.38. The highest BCUT2D eigenvalue weighted by Crippen LogP contribution is 2.35. The summed E-state index contributed by atoms with van der Waals surface area (Å²) in [6.45, 7) is 8.71. The molecule has 2 rings (SSSR count). The van der Waals surface area contributed by atoms with E-state index in [1.807, 2.05) is 13.8 Å². The minimum atomic E-state index is -0.155. The second-order valence-corrected chi connectivity index (χ2v) is 6.99. The Labute approximate surface area is 146 Å². The molecule has 1 aromatic carbocycles. The number of nitrogens with one attached hydrogen (secondary N) is 2. The number of carbonyl (C=O) groups excluding carboxylic acids is 1. The van der Waals surface area contributed by atoms with Gasteiger partial charge >= 0.3 is 0 Å². The first-order chi connectivity index (χ1) is 11.6. The fraction of sp³-hybridized carbons (Fsp3) is 0.650. The van der Waals surface area contributed by atoms with E-state index in [1.54, 1.807) is 0 Å². The molecule has 0 aromatic heterocycles. The molecule has 4 nitrogen and oxygen atoms in total. The zero-order chi connectivity index (χ0) is 17.5. The Morgan fingerprint density at radius 3 is 2.79 bits per heavy atom. The summed E-state index contributed by atoms with van der Waals surface area (Å²) in [5.41, 5.74) is 3.34. The number of amides is 1. The molecule has 0 spiro atoms. The Kier molecular flexibility index (Phi) is 7.10. The zero-order valence-electron chi connectivity index (χ0n) is 15.4. The van der Waals surface area contributed by atoms with Crippen LogP contribution in [-0.2, 0) is 0 Å². The van der Waals surface area contributed by atoms with Crippen LogP contribution in [0.3, 0.4) is 0 Å². The average molecular weight is 332 g/mol. The summed E-state index contributed by atoms with van der Waals surface area (Å²) in [7, 11) is 0. The van der Waals surface area contributed by atoms with Crippen molar-refractivity contribution in [1.29, 1.82) is 0 Å². The van der Waals surface area contributed by atoms with Crippen LogP contribution in [0.1, 0.15) is 78.4 Å². The van der Waals surface area contributed by atoms with Crippen LogP contribution in [-0.4, -0.2) is 30.6 Å². The Hall–Kier alpha value is -1.55. The summed E-state index contributed by atoms with van der Waals surface area (Å²) in [5, 5.41) is 17.0. The van der Waals surface area contributed by atoms with Crippen molar-refractivity contribution in [3.63, 3.8) is 0 Å². The number of unbranched alkanes of at least 4 members (excludes halogenated alkanes) is 3. The van der Waals surface area contributed by atoms with Crippen LogP contribution in [0.5, 0.6) is 5.75 Å². The number of phenols is 1. The van der Waals surface area contributed by atoms with E-state index < -0.39 is 0 Å². The summed E-state index contributed by atoms with van der Waals surface area (Å²) in [5.74, 6) is 0.425. The van der Waals surface area contributed by atoms with Gasteiger partial charge in [0.1, 0.15) is 5.75 Å². The van der Waals surface area contributed by atoms with Gasteiger partial charge in [-0.15, -0.1) is 0 Å². The molecule has 0 aliphatic carbocycles. The standard InChI is InChI=1S/C20H32N2O2/c1-4-5-6-7-11-22-20(24)18-14(2)12-17(15(3)19(18)23)16-9-8-10-21-13-16/h12,16,21,23H,4-11,13H2,1-3H3,(H,22,24). The van der Waals surface area contributed by atoms with E-state index in [2.05, 4.69) is 23.6 Å². The number of aromatic hydroxyl groups is 1. The number of hydrogen-bond acceptors (Lipinski definition) is 3. The maximum absolute atomic E-state index is 12.5. The molecule has 1 saturated heterocycles. The van der Waals surface area contributed by atoms with Gasteiger partial charge in [-0.3, -0.25) is 4.79 Å². The summed E-state index contributed by atoms with van der Waals surface area (Å²) < 4.78 is 0. The van der Waals surface area contributed by atoms with Crippen LogP contribution < -0.4 is 10.6 Å². The molecule has 1 aromatic rings. The molecule has 0 saturated carbocycles. The molecule has 4 heteroatoms. The van der Waals surface area contributed by atoms with Crippen molar-refractivity contribution in [2.24, 2.45) is 0 Å². The van der Waals surface area contributed by atoms with E-state index in [9.17, 15) is 9.90 Å². The van der Waals surface area contributed by atoms with Crippen molar-refractivity contribution in [2.45, 2.75) is 65.2 Å². The van der Waals surface area contributed by atoms with E-state index in [4.69, 9.17) is 0 Å². The number of hydrogen-bond donors (Lipinski definition) is 3. The summed E-state index contributed by atoms with van der Waals surface area (Å²) in [4.78, 5) is 12.5. The molecular weight excluding hydrogens is 300 g/mol. The zero-order valence-corrected chi connectivity index (χ0v) is 15.4. The molecule has 0 radical (unpaired) electrons. The molecule has 24 heavy (non-hydrogen) atoms. The van der Waals surface area contributed by atoms with Crippen LogP contribution in [0.25, 0.3) is 0 Å². The van der Waals surface area contributed by atoms with Gasteiger partial charge in [0.15, 0.2) is 0 Å². The lowest BCUT2D eigenvalue weighted by atomic mass is 9.85. The monoisotopic (exact) mass is 332 g/mol. The van der Waals surface area contributed by atoms with Crippen molar-refractivity contribution < 1.29 is 9.90 Å². The van der Waals surface area contributed by atoms with Gasteiger partial charge in [-0.2, -0.15) is 0 Å². The number of piperidine rings is 1. The van der Waals surface area contributed by atoms with Gasteiger partial charge in [-0.05, 0) is 62.3 Å². The molecule has 1 aliphatic rings. The lowest BCUT2D eigenvalue weighted by molar-refractivity contribution is 0.0949. The van der Waals surface area contributed by atoms with Gasteiger partial charge in [0, 0.05) is 13.1 Å². The third-order valence-electron chi connectivity index (χ3n) is 5.07. The minimum Gasteiger partial charge on any atom is -0.507 e. The second-order valence-electron chi connectivity index (χ2n) is 6.99. The lowest BCUT2D eigenvalue weighted by Crippen LogP contribution is -2.29. The van der Waals surface area contributed by atoms with Gasteiger partial charge in [0.05, 0.1) is 5.56 Å². The Balaban J connectivity index is 2.10. The first kappa shape index (κ1) is 18.8. The van der Waals surface area contributed by atoms with E-state index >= 15 is 0 Å². The SMILES string of the molecule is CCCCCCNC(=O)c1c(C)cc(C2CCCNC2)c(C)c1O. The van der Waals surface area contributed by atoms with Gasteiger partial charge in [-0.1, -0.05) is 32.3 Å². The largest absolute Gasteiger partial charge is 0.507 e. The molecule has 1 amide bonds. The van der Waals surface area contributed by atoms with Crippen LogP contribution in [0.4, 0.5) is 0 Å². The molecule has 134 valence electrons. The average Bonchev–Trinajstić information content (AvgIpc) is 2.59. The normalized spacial score (nSPS) is 17.7. The second kappa shape index (κ2) is 9.07. The highest BCUT2D eigenvalue weighted by molar-refractivity contribution is 5.98. The predicted molar refractivity (Wildman–Crippen MR) is 98.9 cm³/mol. The van der Waals surface area contributed by atoms with Crippen LogP contribution in [0, 0.1) is 13.8 Å². The van der Waals surface area contributed by atoms with Crippen molar-refractivity contribution in [3.8, 4) is 5.75 Å². The predicted octanol–water partition coefficient (Wildman–Crippen LogP) is 3.79. The highest BCUT2D eigenvalue weighted by Gasteiger charge is 2.23. The molecule has 1 unspecified atom stereocenters. The van der Waals surface area contributed by atoms with Gasteiger partial charge in [0.2, 0.25) is 0 Å².